The zero-order valence-electron chi connectivity index (χ0n) is 12.3. The van der Waals surface area contributed by atoms with Gasteiger partial charge in [-0.2, -0.15) is 0 Å². The van der Waals surface area contributed by atoms with Gasteiger partial charge in [0.1, 0.15) is 0 Å². The number of allylic oxidation sites excluding steroid dienone is 7. The summed E-state index contributed by atoms with van der Waals surface area (Å²) in [5, 5.41) is 0. The van der Waals surface area contributed by atoms with Crippen LogP contribution in [0.25, 0.3) is 5.57 Å². The van der Waals surface area contributed by atoms with E-state index in [-0.39, 0.29) is 0 Å². The second-order valence-electron chi connectivity index (χ2n) is 4.76. The predicted octanol–water partition coefficient (Wildman–Crippen LogP) is 5.87. The van der Waals surface area contributed by atoms with Gasteiger partial charge in [0.2, 0.25) is 0 Å². The summed E-state index contributed by atoms with van der Waals surface area (Å²) in [5.41, 5.74) is 5.29. The van der Waals surface area contributed by atoms with E-state index < -0.39 is 0 Å². The van der Waals surface area contributed by atoms with Gasteiger partial charge in [0.15, 0.2) is 0 Å². The van der Waals surface area contributed by atoms with Crippen molar-refractivity contribution in [3.05, 3.63) is 77.9 Å². The van der Waals surface area contributed by atoms with E-state index in [1.165, 1.54) is 22.3 Å². The van der Waals surface area contributed by atoms with Gasteiger partial charge in [0.25, 0.3) is 0 Å². The van der Waals surface area contributed by atoms with Crippen LogP contribution in [0.4, 0.5) is 0 Å². The molecule has 0 radical (unpaired) electrons. The van der Waals surface area contributed by atoms with Crippen LogP contribution in [0.15, 0.2) is 66.8 Å². The van der Waals surface area contributed by atoms with Crippen LogP contribution < -0.4 is 0 Å². The van der Waals surface area contributed by atoms with E-state index >= 15 is 0 Å². The molecule has 0 fully saturated rings. The Morgan fingerprint density at radius 2 is 1.84 bits per heavy atom. The topological polar surface area (TPSA) is 0 Å². The maximum atomic E-state index is 3.74. The first kappa shape index (κ1) is 15.2. The zero-order chi connectivity index (χ0) is 14.1. The van der Waals surface area contributed by atoms with Gasteiger partial charge < -0.3 is 0 Å². The van der Waals surface area contributed by atoms with Crippen LogP contribution in [0, 0.1) is 6.92 Å². The molecule has 100 valence electrons. The third-order valence-corrected chi connectivity index (χ3v) is 3.18. The molecule has 0 saturated carbocycles. The van der Waals surface area contributed by atoms with Gasteiger partial charge in [-0.15, -0.1) is 0 Å². The minimum Gasteiger partial charge on any atom is -0.0991 e. The van der Waals surface area contributed by atoms with Crippen LogP contribution in [0.3, 0.4) is 0 Å². The van der Waals surface area contributed by atoms with E-state index in [1.54, 1.807) is 0 Å². The van der Waals surface area contributed by atoms with Crippen molar-refractivity contribution in [1.82, 2.24) is 0 Å². The van der Waals surface area contributed by atoms with Crippen LogP contribution >= 0.6 is 0 Å². The largest absolute Gasteiger partial charge is 0.0991 e. The van der Waals surface area contributed by atoms with Gasteiger partial charge in [-0.1, -0.05) is 79.3 Å². The molecular weight excluding hydrogens is 228 g/mol. The van der Waals surface area contributed by atoms with Gasteiger partial charge in [0.05, 0.1) is 0 Å². The smallest absolute Gasteiger partial charge is 0.0133 e. The van der Waals surface area contributed by atoms with Crippen molar-refractivity contribution >= 4 is 5.57 Å². The Bertz CT molecular complexity index is 481. The summed E-state index contributed by atoms with van der Waals surface area (Å²) in [4.78, 5) is 0. The van der Waals surface area contributed by atoms with E-state index in [2.05, 4.69) is 75.9 Å². The monoisotopic (exact) mass is 252 g/mol. The lowest BCUT2D eigenvalue weighted by Crippen LogP contribution is -1.80. The van der Waals surface area contributed by atoms with Crippen LogP contribution in [0.5, 0.6) is 0 Å². The van der Waals surface area contributed by atoms with Crippen LogP contribution in [-0.2, 0) is 0 Å². The lowest BCUT2D eigenvalue weighted by Gasteiger charge is -2.01. The molecule has 0 heterocycles. The van der Waals surface area contributed by atoms with Crippen molar-refractivity contribution in [3.8, 4) is 0 Å². The van der Waals surface area contributed by atoms with Crippen molar-refractivity contribution in [2.45, 2.75) is 33.6 Å². The molecule has 0 aliphatic heterocycles. The number of hydrogen-bond acceptors (Lipinski definition) is 0. The molecule has 19 heavy (non-hydrogen) atoms. The van der Waals surface area contributed by atoms with Crippen molar-refractivity contribution in [1.29, 1.82) is 0 Å². The number of aryl methyl sites for hydroxylation is 1. The SMILES string of the molecule is C=C/C=C(\CC)C/C=C/C=C(\C)c1ccc(C)cc1. The minimum absolute atomic E-state index is 1.00. The highest BCUT2D eigenvalue weighted by atomic mass is 14.0. The molecule has 0 aliphatic carbocycles. The van der Waals surface area contributed by atoms with Gasteiger partial charge >= 0.3 is 0 Å². The average Bonchev–Trinajstić information content (AvgIpc) is 2.42. The maximum absolute atomic E-state index is 3.74. The molecule has 0 aromatic heterocycles. The summed E-state index contributed by atoms with van der Waals surface area (Å²) in [7, 11) is 0. The fraction of sp³-hybridized carbons (Fsp3) is 0.263. The fourth-order valence-electron chi connectivity index (χ4n) is 1.84. The third kappa shape index (κ3) is 5.56. The fourth-order valence-corrected chi connectivity index (χ4v) is 1.84. The Morgan fingerprint density at radius 1 is 1.16 bits per heavy atom. The van der Waals surface area contributed by atoms with Gasteiger partial charge in [-0.3, -0.25) is 0 Å². The Morgan fingerprint density at radius 3 is 2.42 bits per heavy atom. The molecule has 1 rings (SSSR count). The molecule has 1 aromatic carbocycles. The molecular formula is C19H24. The molecule has 0 spiro atoms. The standard InChI is InChI=1S/C19H24/c1-5-9-18(6-2)11-8-7-10-17(4)19-14-12-16(3)13-15-19/h5,7-10,12-15H,1,6,11H2,2-4H3/b8-7+,17-10+,18-9+. The average molecular weight is 252 g/mol. The van der Waals surface area contributed by atoms with E-state index in [1.807, 2.05) is 6.08 Å². The number of rotatable bonds is 6. The molecule has 0 bridgehead atoms. The first-order chi connectivity index (χ1) is 9.17. The van der Waals surface area contributed by atoms with Gasteiger partial charge in [-0.05, 0) is 37.8 Å². The molecule has 1 aromatic rings. The first-order valence-corrected chi connectivity index (χ1v) is 6.88. The molecule has 0 aliphatic rings. The van der Waals surface area contributed by atoms with Crippen molar-refractivity contribution < 1.29 is 0 Å². The quantitative estimate of drug-likeness (QED) is 0.556. The van der Waals surface area contributed by atoms with Crippen LogP contribution in [0.1, 0.15) is 37.8 Å². The Kier molecular flexibility index (Phi) is 6.67. The Labute approximate surface area is 117 Å². The molecule has 0 unspecified atom stereocenters. The predicted molar refractivity (Wildman–Crippen MR) is 87.2 cm³/mol. The van der Waals surface area contributed by atoms with E-state index in [0.717, 1.165) is 12.8 Å². The highest BCUT2D eigenvalue weighted by molar-refractivity contribution is 5.65. The van der Waals surface area contributed by atoms with Crippen molar-refractivity contribution in [3.63, 3.8) is 0 Å². The van der Waals surface area contributed by atoms with Crippen LogP contribution in [0.2, 0.25) is 0 Å². The number of benzene rings is 1. The van der Waals surface area contributed by atoms with E-state index in [0.29, 0.717) is 0 Å². The second kappa shape index (κ2) is 8.31. The van der Waals surface area contributed by atoms with E-state index in [9.17, 15) is 0 Å². The molecule has 0 atom stereocenters. The molecule has 0 heteroatoms. The lowest BCUT2D eigenvalue weighted by atomic mass is 10.0. The Hall–Kier alpha value is -1.82. The summed E-state index contributed by atoms with van der Waals surface area (Å²) >= 11 is 0. The minimum atomic E-state index is 1.00. The van der Waals surface area contributed by atoms with Crippen molar-refractivity contribution in [2.24, 2.45) is 0 Å². The molecule has 0 N–H and O–H groups in total. The van der Waals surface area contributed by atoms with Gasteiger partial charge in [-0.25, -0.2) is 0 Å². The molecule has 0 amide bonds. The lowest BCUT2D eigenvalue weighted by molar-refractivity contribution is 1.03. The Balaban J connectivity index is 2.63. The highest BCUT2D eigenvalue weighted by Gasteiger charge is 1.93. The van der Waals surface area contributed by atoms with Crippen LogP contribution in [-0.4, -0.2) is 0 Å². The zero-order valence-corrected chi connectivity index (χ0v) is 12.3. The van der Waals surface area contributed by atoms with E-state index in [4.69, 9.17) is 0 Å². The summed E-state index contributed by atoms with van der Waals surface area (Å²) in [6.45, 7) is 10.2. The third-order valence-electron chi connectivity index (χ3n) is 3.18. The first-order valence-electron chi connectivity index (χ1n) is 6.88. The molecule has 0 saturated heterocycles. The number of hydrogen-bond donors (Lipinski definition) is 0. The van der Waals surface area contributed by atoms with Gasteiger partial charge in [0, 0.05) is 0 Å². The summed E-state index contributed by atoms with van der Waals surface area (Å²) in [6, 6.07) is 8.64. The molecule has 0 nitrogen and oxygen atoms in total. The summed E-state index contributed by atoms with van der Waals surface area (Å²) in [6.07, 6.45) is 12.6. The summed E-state index contributed by atoms with van der Waals surface area (Å²) < 4.78 is 0. The summed E-state index contributed by atoms with van der Waals surface area (Å²) in [5.74, 6) is 0. The second-order valence-corrected chi connectivity index (χ2v) is 4.76. The van der Waals surface area contributed by atoms with Crippen molar-refractivity contribution in [2.75, 3.05) is 0 Å². The highest BCUT2D eigenvalue weighted by Crippen LogP contribution is 2.15. The normalized spacial score (nSPS) is 13.0. The maximum Gasteiger partial charge on any atom is -0.0133 e.